The summed E-state index contributed by atoms with van der Waals surface area (Å²) in [5.74, 6) is -1.01. The molecule has 0 radical (unpaired) electrons. The molecule has 0 aliphatic carbocycles. The summed E-state index contributed by atoms with van der Waals surface area (Å²) in [5, 5.41) is 9.18. The fourth-order valence-electron chi connectivity index (χ4n) is 2.39. The molecule has 114 valence electrons. The summed E-state index contributed by atoms with van der Waals surface area (Å²) in [6.07, 6.45) is 2.49. The molecule has 2 rings (SSSR count). The fraction of sp³-hybridized carbons (Fsp3) is 0.467. The third kappa shape index (κ3) is 3.16. The molecule has 0 aromatic heterocycles. The van der Waals surface area contributed by atoms with Crippen molar-refractivity contribution in [2.75, 3.05) is 18.1 Å². The van der Waals surface area contributed by atoms with Crippen molar-refractivity contribution in [1.82, 2.24) is 0 Å². The first kappa shape index (κ1) is 15.3. The van der Waals surface area contributed by atoms with Crippen molar-refractivity contribution in [3.05, 3.63) is 23.8 Å². The zero-order chi connectivity index (χ0) is 15.4. The van der Waals surface area contributed by atoms with Crippen LogP contribution in [0.3, 0.4) is 0 Å². The van der Waals surface area contributed by atoms with Gasteiger partial charge in [-0.05, 0) is 18.6 Å². The topological polar surface area (TPSA) is 92.9 Å². The van der Waals surface area contributed by atoms with Crippen LogP contribution in [0, 0.1) is 0 Å². The van der Waals surface area contributed by atoms with Crippen LogP contribution in [-0.2, 0) is 4.79 Å². The molecule has 0 saturated carbocycles. The third-order valence-electron chi connectivity index (χ3n) is 3.53. The molecule has 1 amide bonds. The minimum absolute atomic E-state index is 0.0622. The van der Waals surface area contributed by atoms with Crippen molar-refractivity contribution < 1.29 is 19.4 Å². The van der Waals surface area contributed by atoms with Gasteiger partial charge in [0, 0.05) is 0 Å². The number of benzene rings is 1. The first-order valence-corrected chi connectivity index (χ1v) is 7.12. The van der Waals surface area contributed by atoms with Gasteiger partial charge in [0.2, 0.25) is 5.91 Å². The van der Waals surface area contributed by atoms with Crippen LogP contribution in [0.2, 0.25) is 0 Å². The first-order chi connectivity index (χ1) is 10.1. The van der Waals surface area contributed by atoms with Gasteiger partial charge in [0.25, 0.3) is 0 Å². The maximum Gasteiger partial charge on any atom is 0.339 e. The number of ether oxygens (including phenoxy) is 1. The van der Waals surface area contributed by atoms with E-state index < -0.39 is 12.0 Å². The van der Waals surface area contributed by atoms with Gasteiger partial charge in [-0.25, -0.2) is 4.79 Å². The largest absolute Gasteiger partial charge is 0.489 e. The van der Waals surface area contributed by atoms with E-state index in [4.69, 9.17) is 10.5 Å². The monoisotopic (exact) mass is 292 g/mol. The number of para-hydroxylation sites is 1. The van der Waals surface area contributed by atoms with E-state index in [2.05, 4.69) is 0 Å². The molecule has 21 heavy (non-hydrogen) atoms. The molecule has 1 aromatic carbocycles. The number of unbranched alkanes of at least 4 members (excludes halogenated alkanes) is 1. The van der Waals surface area contributed by atoms with E-state index in [0.29, 0.717) is 18.7 Å². The zero-order valence-electron chi connectivity index (χ0n) is 12.0. The number of fused-ring (bicyclic) bond motifs is 1. The van der Waals surface area contributed by atoms with Crippen molar-refractivity contribution >= 4 is 17.6 Å². The van der Waals surface area contributed by atoms with E-state index >= 15 is 0 Å². The van der Waals surface area contributed by atoms with Gasteiger partial charge in [-0.1, -0.05) is 25.8 Å². The standard InChI is InChI=1S/C15H20N2O4/c1-2-3-6-11(16)14(18)17-8-9-21-13-10(15(19)20)5-4-7-12(13)17/h4-5,7,11H,2-3,6,8-9,16H2,1H3,(H,19,20)/t11-/m0/s1. The number of anilines is 1. The lowest BCUT2D eigenvalue weighted by molar-refractivity contribution is -0.120. The number of hydrogen-bond acceptors (Lipinski definition) is 4. The summed E-state index contributed by atoms with van der Waals surface area (Å²) in [7, 11) is 0. The molecular formula is C15H20N2O4. The van der Waals surface area contributed by atoms with Gasteiger partial charge >= 0.3 is 5.97 Å². The molecule has 6 nitrogen and oxygen atoms in total. The molecule has 0 spiro atoms. The Kier molecular flexibility index (Phi) is 4.80. The fourth-order valence-corrected chi connectivity index (χ4v) is 2.39. The normalized spacial score (nSPS) is 15.0. The quantitative estimate of drug-likeness (QED) is 0.860. The molecule has 6 heteroatoms. The number of hydrogen-bond donors (Lipinski definition) is 2. The van der Waals surface area contributed by atoms with Crippen LogP contribution in [-0.4, -0.2) is 36.2 Å². The predicted octanol–water partition coefficient (Wildman–Crippen LogP) is 1.63. The zero-order valence-corrected chi connectivity index (χ0v) is 12.0. The molecule has 1 heterocycles. The van der Waals surface area contributed by atoms with Gasteiger partial charge in [-0.15, -0.1) is 0 Å². The Bertz CT molecular complexity index is 544. The van der Waals surface area contributed by atoms with E-state index in [-0.39, 0.29) is 23.8 Å². The summed E-state index contributed by atoms with van der Waals surface area (Å²) in [6.45, 7) is 2.69. The van der Waals surface area contributed by atoms with Crippen LogP contribution in [0.25, 0.3) is 0 Å². The highest BCUT2D eigenvalue weighted by Crippen LogP contribution is 2.35. The molecule has 1 atom stereocenters. The lowest BCUT2D eigenvalue weighted by Crippen LogP contribution is -2.47. The number of carbonyl (C=O) groups is 2. The van der Waals surface area contributed by atoms with Gasteiger partial charge in [-0.2, -0.15) is 0 Å². The summed E-state index contributed by atoms with van der Waals surface area (Å²) >= 11 is 0. The number of nitrogens with zero attached hydrogens (tertiary/aromatic N) is 1. The Balaban J connectivity index is 2.28. The van der Waals surface area contributed by atoms with Crippen LogP contribution in [0.5, 0.6) is 5.75 Å². The number of nitrogens with two attached hydrogens (primary N) is 1. The maximum atomic E-state index is 12.4. The molecular weight excluding hydrogens is 272 g/mol. The van der Waals surface area contributed by atoms with Crippen molar-refractivity contribution in [3.8, 4) is 5.75 Å². The lowest BCUT2D eigenvalue weighted by atomic mass is 10.1. The molecule has 1 aliphatic rings. The van der Waals surface area contributed by atoms with Gasteiger partial charge in [-0.3, -0.25) is 4.79 Å². The Morgan fingerprint density at radius 3 is 2.90 bits per heavy atom. The Morgan fingerprint density at radius 1 is 1.48 bits per heavy atom. The molecule has 3 N–H and O–H groups in total. The van der Waals surface area contributed by atoms with Gasteiger partial charge in [0.15, 0.2) is 5.75 Å². The maximum absolute atomic E-state index is 12.4. The van der Waals surface area contributed by atoms with E-state index in [1.165, 1.54) is 11.0 Å². The molecule has 0 bridgehead atoms. The number of rotatable bonds is 5. The van der Waals surface area contributed by atoms with E-state index in [0.717, 1.165) is 12.8 Å². The lowest BCUT2D eigenvalue weighted by Gasteiger charge is -2.32. The summed E-state index contributed by atoms with van der Waals surface area (Å²) < 4.78 is 5.44. The van der Waals surface area contributed by atoms with Crippen LogP contribution in [0.1, 0.15) is 36.5 Å². The van der Waals surface area contributed by atoms with Crippen LogP contribution < -0.4 is 15.4 Å². The number of amides is 1. The minimum Gasteiger partial charge on any atom is -0.489 e. The van der Waals surface area contributed by atoms with Crippen LogP contribution in [0.4, 0.5) is 5.69 Å². The number of carbonyl (C=O) groups excluding carboxylic acids is 1. The number of carboxylic acid groups (broad SMARTS) is 1. The van der Waals surface area contributed by atoms with Crippen molar-refractivity contribution in [2.24, 2.45) is 5.73 Å². The third-order valence-corrected chi connectivity index (χ3v) is 3.53. The highest BCUT2D eigenvalue weighted by molar-refractivity contribution is 6.01. The minimum atomic E-state index is -1.07. The molecule has 1 aliphatic heterocycles. The van der Waals surface area contributed by atoms with Gasteiger partial charge in [0.1, 0.15) is 12.2 Å². The van der Waals surface area contributed by atoms with E-state index in [1.54, 1.807) is 12.1 Å². The van der Waals surface area contributed by atoms with E-state index in [1.807, 2.05) is 6.92 Å². The molecule has 0 fully saturated rings. The van der Waals surface area contributed by atoms with Crippen molar-refractivity contribution in [2.45, 2.75) is 32.2 Å². The molecule has 0 saturated heterocycles. The second-order valence-electron chi connectivity index (χ2n) is 5.05. The van der Waals surface area contributed by atoms with E-state index in [9.17, 15) is 14.7 Å². The Hall–Kier alpha value is -2.08. The Labute approximate surface area is 123 Å². The SMILES string of the molecule is CCCC[C@H](N)C(=O)N1CCOc2c(C(=O)O)cccc21. The highest BCUT2D eigenvalue weighted by Gasteiger charge is 2.29. The van der Waals surface area contributed by atoms with Crippen molar-refractivity contribution in [3.63, 3.8) is 0 Å². The summed E-state index contributed by atoms with van der Waals surface area (Å²) in [4.78, 5) is 25.2. The number of aromatic carboxylic acids is 1. The average molecular weight is 292 g/mol. The average Bonchev–Trinajstić information content (AvgIpc) is 2.50. The molecule has 0 unspecified atom stereocenters. The predicted molar refractivity (Wildman–Crippen MR) is 78.7 cm³/mol. The second kappa shape index (κ2) is 6.58. The molecule has 1 aromatic rings. The summed E-state index contributed by atoms with van der Waals surface area (Å²) in [6, 6.07) is 4.19. The van der Waals surface area contributed by atoms with Crippen LogP contribution in [0.15, 0.2) is 18.2 Å². The van der Waals surface area contributed by atoms with Crippen LogP contribution >= 0.6 is 0 Å². The first-order valence-electron chi connectivity index (χ1n) is 7.12. The van der Waals surface area contributed by atoms with Gasteiger partial charge < -0.3 is 20.5 Å². The van der Waals surface area contributed by atoms with Crippen molar-refractivity contribution in [1.29, 1.82) is 0 Å². The Morgan fingerprint density at radius 2 is 2.24 bits per heavy atom. The smallest absolute Gasteiger partial charge is 0.339 e. The highest BCUT2D eigenvalue weighted by atomic mass is 16.5. The van der Waals surface area contributed by atoms with Gasteiger partial charge in [0.05, 0.1) is 18.3 Å². The second-order valence-corrected chi connectivity index (χ2v) is 5.05. The number of carboxylic acids is 1. The summed E-state index contributed by atoms with van der Waals surface area (Å²) in [5.41, 5.74) is 6.49.